The number of ether oxygens (including phenoxy) is 1. The maximum absolute atomic E-state index is 14.3. The highest BCUT2D eigenvalue weighted by Crippen LogP contribution is 2.37. The fourth-order valence-corrected chi connectivity index (χ4v) is 2.74. The number of hydrogen-bond donors (Lipinski definition) is 0. The van der Waals surface area contributed by atoms with Crippen LogP contribution >= 0.6 is 0 Å². The van der Waals surface area contributed by atoms with Gasteiger partial charge in [0.15, 0.2) is 0 Å². The van der Waals surface area contributed by atoms with Gasteiger partial charge in [-0.3, -0.25) is 0 Å². The van der Waals surface area contributed by atoms with Crippen molar-refractivity contribution in [3.05, 3.63) is 65.5 Å². The van der Waals surface area contributed by atoms with Crippen LogP contribution in [0.25, 0.3) is 21.9 Å². The molecular formula is C19H12F6O. The van der Waals surface area contributed by atoms with Gasteiger partial charge in [0.25, 0.3) is 0 Å². The highest BCUT2D eigenvalue weighted by Gasteiger charge is 2.34. The summed E-state index contributed by atoms with van der Waals surface area (Å²) in [4.78, 5) is 0. The van der Waals surface area contributed by atoms with Crippen molar-refractivity contribution in [2.75, 3.05) is 6.61 Å². The summed E-state index contributed by atoms with van der Waals surface area (Å²) in [6.45, 7) is 1.89. The summed E-state index contributed by atoms with van der Waals surface area (Å²) >= 11 is 0. The average Bonchev–Trinajstić information content (AvgIpc) is 2.53. The van der Waals surface area contributed by atoms with Gasteiger partial charge in [0, 0.05) is 17.5 Å². The summed E-state index contributed by atoms with van der Waals surface area (Å²) < 4.78 is 86.0. The van der Waals surface area contributed by atoms with Crippen LogP contribution in [0.5, 0.6) is 5.75 Å². The first-order chi connectivity index (χ1) is 12.2. The van der Waals surface area contributed by atoms with Crippen LogP contribution in [0.15, 0.2) is 42.5 Å². The van der Waals surface area contributed by atoms with Gasteiger partial charge in [-0.25, -0.2) is 13.2 Å². The van der Waals surface area contributed by atoms with Crippen molar-refractivity contribution in [2.24, 2.45) is 0 Å². The zero-order chi connectivity index (χ0) is 19.1. The van der Waals surface area contributed by atoms with Crippen molar-refractivity contribution in [1.29, 1.82) is 0 Å². The van der Waals surface area contributed by atoms with Crippen molar-refractivity contribution < 1.29 is 31.1 Å². The Morgan fingerprint density at radius 1 is 0.885 bits per heavy atom. The number of alkyl halides is 3. The molecule has 7 heteroatoms. The molecule has 3 rings (SSSR count). The first-order valence-corrected chi connectivity index (χ1v) is 7.64. The summed E-state index contributed by atoms with van der Waals surface area (Å²) in [6.07, 6.45) is -4.83. The lowest BCUT2D eigenvalue weighted by atomic mass is 9.98. The fraction of sp³-hybridized carbons (Fsp3) is 0.158. The zero-order valence-corrected chi connectivity index (χ0v) is 13.4. The summed E-state index contributed by atoms with van der Waals surface area (Å²) in [5, 5.41) is -0.184. The van der Waals surface area contributed by atoms with E-state index in [1.54, 1.807) is 6.92 Å². The molecule has 0 spiro atoms. The minimum Gasteiger partial charge on any atom is -0.494 e. The van der Waals surface area contributed by atoms with Gasteiger partial charge in [0.2, 0.25) is 0 Å². The van der Waals surface area contributed by atoms with Crippen LogP contribution in [0.2, 0.25) is 0 Å². The van der Waals surface area contributed by atoms with Gasteiger partial charge in [-0.15, -0.1) is 0 Å². The molecule has 1 nitrogen and oxygen atoms in total. The van der Waals surface area contributed by atoms with Crippen molar-refractivity contribution >= 4 is 10.8 Å². The molecule has 0 unspecified atom stereocenters. The van der Waals surface area contributed by atoms with Gasteiger partial charge in [0.1, 0.15) is 23.2 Å². The lowest BCUT2D eigenvalue weighted by Crippen LogP contribution is -2.08. The number of fused-ring (bicyclic) bond motifs is 1. The molecular weight excluding hydrogens is 358 g/mol. The Kier molecular flexibility index (Phi) is 4.56. The quantitative estimate of drug-likeness (QED) is 0.489. The van der Waals surface area contributed by atoms with Crippen molar-refractivity contribution in [2.45, 2.75) is 13.1 Å². The molecule has 0 N–H and O–H groups in total. The van der Waals surface area contributed by atoms with E-state index >= 15 is 0 Å². The van der Waals surface area contributed by atoms with E-state index < -0.39 is 29.2 Å². The standard InChI is InChI=1S/C19H12F6O/c1-2-26-12-8-15(20)17(16(21)9-12)11-3-5-13-10(7-11)4-6-14(18(13)22)19(23,24)25/h3-9H,2H2,1H3. The van der Waals surface area contributed by atoms with E-state index in [9.17, 15) is 26.3 Å². The van der Waals surface area contributed by atoms with Crippen molar-refractivity contribution in [1.82, 2.24) is 0 Å². The Morgan fingerprint density at radius 2 is 1.54 bits per heavy atom. The van der Waals surface area contributed by atoms with Crippen LogP contribution in [0.1, 0.15) is 12.5 Å². The molecule has 0 aliphatic rings. The Labute approximate surface area is 144 Å². The second kappa shape index (κ2) is 6.55. The lowest BCUT2D eigenvalue weighted by Gasteiger charge is -2.12. The monoisotopic (exact) mass is 370 g/mol. The largest absolute Gasteiger partial charge is 0.494 e. The van der Waals surface area contributed by atoms with Gasteiger partial charge >= 0.3 is 6.18 Å². The molecule has 3 aromatic carbocycles. The minimum absolute atomic E-state index is 0.0212. The molecule has 3 aromatic rings. The summed E-state index contributed by atoms with van der Waals surface area (Å²) in [7, 11) is 0. The van der Waals surface area contributed by atoms with Crippen molar-refractivity contribution in [3.8, 4) is 16.9 Å². The molecule has 26 heavy (non-hydrogen) atoms. The third-order valence-electron chi connectivity index (χ3n) is 3.87. The highest BCUT2D eigenvalue weighted by molar-refractivity contribution is 5.88. The maximum Gasteiger partial charge on any atom is 0.419 e. The van der Waals surface area contributed by atoms with E-state index in [-0.39, 0.29) is 34.3 Å². The summed E-state index contributed by atoms with van der Waals surface area (Å²) in [5.41, 5.74) is -1.68. The highest BCUT2D eigenvalue weighted by atomic mass is 19.4. The van der Waals surface area contributed by atoms with Gasteiger partial charge in [0.05, 0.1) is 17.7 Å². The van der Waals surface area contributed by atoms with Crippen LogP contribution in [-0.2, 0) is 6.18 Å². The smallest absolute Gasteiger partial charge is 0.419 e. The summed E-state index contributed by atoms with van der Waals surface area (Å²) in [5.74, 6) is -3.18. The molecule has 0 amide bonds. The normalized spacial score (nSPS) is 11.8. The second-order valence-electron chi connectivity index (χ2n) is 5.56. The number of halogens is 6. The number of rotatable bonds is 3. The first kappa shape index (κ1) is 18.1. The third-order valence-corrected chi connectivity index (χ3v) is 3.87. The van der Waals surface area contributed by atoms with E-state index in [0.29, 0.717) is 6.07 Å². The SMILES string of the molecule is CCOc1cc(F)c(-c2ccc3c(F)c(C(F)(F)F)ccc3c2)c(F)c1. The van der Waals surface area contributed by atoms with Gasteiger partial charge < -0.3 is 4.74 Å². The van der Waals surface area contributed by atoms with E-state index in [4.69, 9.17) is 4.74 Å². The zero-order valence-electron chi connectivity index (χ0n) is 13.4. The Hall–Kier alpha value is -2.70. The second-order valence-corrected chi connectivity index (χ2v) is 5.56. The molecule has 136 valence electrons. The molecule has 0 saturated heterocycles. The number of hydrogen-bond acceptors (Lipinski definition) is 1. The molecule has 0 radical (unpaired) electrons. The Balaban J connectivity index is 2.14. The Morgan fingerprint density at radius 3 is 2.12 bits per heavy atom. The minimum atomic E-state index is -4.83. The van der Waals surface area contributed by atoms with Crippen LogP contribution < -0.4 is 4.74 Å². The molecule has 0 aromatic heterocycles. The van der Waals surface area contributed by atoms with Crippen molar-refractivity contribution in [3.63, 3.8) is 0 Å². The fourth-order valence-electron chi connectivity index (χ4n) is 2.74. The molecule has 0 heterocycles. The molecule has 0 saturated carbocycles. The van der Waals surface area contributed by atoms with Gasteiger partial charge in [-0.05, 0) is 30.0 Å². The molecule has 0 bridgehead atoms. The van der Waals surface area contributed by atoms with Crippen LogP contribution in [0.3, 0.4) is 0 Å². The molecule has 0 fully saturated rings. The number of benzene rings is 3. The molecule has 0 aliphatic heterocycles. The molecule has 0 aliphatic carbocycles. The molecule has 0 atom stereocenters. The topological polar surface area (TPSA) is 9.23 Å². The maximum atomic E-state index is 14.3. The third kappa shape index (κ3) is 3.21. The van der Waals surface area contributed by atoms with E-state index in [1.165, 1.54) is 12.1 Å². The lowest BCUT2D eigenvalue weighted by molar-refractivity contribution is -0.139. The van der Waals surface area contributed by atoms with Crippen LogP contribution in [-0.4, -0.2) is 6.61 Å². The predicted molar refractivity (Wildman–Crippen MR) is 85.4 cm³/mol. The van der Waals surface area contributed by atoms with Gasteiger partial charge in [-0.1, -0.05) is 18.2 Å². The van der Waals surface area contributed by atoms with Crippen LogP contribution in [0.4, 0.5) is 26.3 Å². The van der Waals surface area contributed by atoms with E-state index in [1.807, 2.05) is 0 Å². The first-order valence-electron chi connectivity index (χ1n) is 7.64. The van der Waals surface area contributed by atoms with Gasteiger partial charge in [-0.2, -0.15) is 13.2 Å². The average molecular weight is 370 g/mol. The summed E-state index contributed by atoms with van der Waals surface area (Å²) in [6, 6.07) is 7.18. The Bertz CT molecular complexity index is 955. The van der Waals surface area contributed by atoms with E-state index in [2.05, 4.69) is 0 Å². The van der Waals surface area contributed by atoms with Crippen LogP contribution in [0, 0.1) is 17.5 Å². The predicted octanol–water partition coefficient (Wildman–Crippen LogP) is 6.34. The van der Waals surface area contributed by atoms with E-state index in [0.717, 1.165) is 24.3 Å².